The quantitative estimate of drug-likeness (QED) is 0.506. The molecule has 0 saturated carbocycles. The second-order valence-electron chi connectivity index (χ2n) is 5.57. The van der Waals surface area contributed by atoms with Gasteiger partial charge in [-0.05, 0) is 0 Å². The lowest BCUT2D eigenvalue weighted by atomic mass is 10.2. The predicted molar refractivity (Wildman–Crippen MR) is 60.9 cm³/mol. The molecule has 4 aliphatic rings. The molecule has 1 N–H and O–H groups in total. The van der Waals surface area contributed by atoms with Crippen molar-refractivity contribution >= 4 is 10.1 Å². The third kappa shape index (κ3) is 2.47. The van der Waals surface area contributed by atoms with Crippen LogP contribution >= 0.6 is 0 Å². The Morgan fingerprint density at radius 1 is 1.00 bits per heavy atom. The van der Waals surface area contributed by atoms with Crippen molar-refractivity contribution < 1.29 is 17.5 Å². The molecule has 8 heteroatoms. The molecule has 4 saturated heterocycles. The molecule has 4 bridgehead atoms. The summed E-state index contributed by atoms with van der Waals surface area (Å²) in [5, 5.41) is 0. The van der Waals surface area contributed by atoms with Gasteiger partial charge in [-0.25, -0.2) is 14.7 Å². The minimum atomic E-state index is -3.81. The maximum absolute atomic E-state index is 10.7. The molecule has 4 rings (SSSR count). The van der Waals surface area contributed by atoms with E-state index < -0.39 is 10.1 Å². The third-order valence-electron chi connectivity index (χ3n) is 3.73. The van der Waals surface area contributed by atoms with Crippen molar-refractivity contribution in [2.24, 2.45) is 0 Å². The molecular formula is C9H19N4O3S+. The molecule has 0 atom stereocenters. The molecule has 0 aromatic heterocycles. The summed E-state index contributed by atoms with van der Waals surface area (Å²) in [5.41, 5.74) is 0. The van der Waals surface area contributed by atoms with Crippen LogP contribution in [0.1, 0.15) is 6.42 Å². The van der Waals surface area contributed by atoms with Crippen molar-refractivity contribution in [3.05, 3.63) is 0 Å². The molecule has 0 aliphatic carbocycles. The maximum Gasteiger partial charge on any atom is 0.265 e. The summed E-state index contributed by atoms with van der Waals surface area (Å²) in [4.78, 5) is 7.18. The summed E-state index contributed by atoms with van der Waals surface area (Å²) in [7, 11) is -3.81. The fraction of sp³-hybridized carbons (Fsp3) is 1.00. The number of rotatable bonds is 4. The minimum absolute atomic E-state index is 0.118. The van der Waals surface area contributed by atoms with Crippen molar-refractivity contribution in [2.45, 2.75) is 6.42 Å². The van der Waals surface area contributed by atoms with Crippen LogP contribution < -0.4 is 0 Å². The van der Waals surface area contributed by atoms with E-state index in [0.29, 0.717) is 6.42 Å². The largest absolute Gasteiger partial charge is 0.286 e. The van der Waals surface area contributed by atoms with Gasteiger partial charge in [0, 0.05) is 6.42 Å². The number of hydrogen-bond donors (Lipinski definition) is 1. The van der Waals surface area contributed by atoms with Crippen LogP contribution in [0.25, 0.3) is 0 Å². The van der Waals surface area contributed by atoms with E-state index in [-0.39, 0.29) is 5.75 Å². The Bertz CT molecular complexity index is 375. The lowest BCUT2D eigenvalue weighted by molar-refractivity contribution is -0.980. The normalized spacial score (nSPS) is 44.2. The van der Waals surface area contributed by atoms with Crippen LogP contribution in [0.3, 0.4) is 0 Å². The Morgan fingerprint density at radius 3 is 1.88 bits per heavy atom. The van der Waals surface area contributed by atoms with Crippen LogP contribution in [0.5, 0.6) is 0 Å². The van der Waals surface area contributed by atoms with Crippen molar-refractivity contribution in [3.63, 3.8) is 0 Å². The molecule has 0 aromatic carbocycles. The Hall–Kier alpha value is -0.250. The average Bonchev–Trinajstić information content (AvgIpc) is 2.11. The highest BCUT2D eigenvalue weighted by molar-refractivity contribution is 7.85. The molecular weight excluding hydrogens is 244 g/mol. The van der Waals surface area contributed by atoms with Gasteiger partial charge in [-0.1, -0.05) is 0 Å². The number of nitrogens with zero attached hydrogens (tertiary/aromatic N) is 4. The number of quaternary nitrogens is 1. The highest BCUT2D eigenvalue weighted by Gasteiger charge is 2.47. The molecule has 4 fully saturated rings. The van der Waals surface area contributed by atoms with E-state index in [2.05, 4.69) is 14.7 Å². The lowest BCUT2D eigenvalue weighted by Crippen LogP contribution is -2.79. The first kappa shape index (κ1) is 11.8. The molecule has 0 radical (unpaired) electrons. The molecule has 7 nitrogen and oxygen atoms in total. The van der Waals surface area contributed by atoms with E-state index >= 15 is 0 Å². The summed E-state index contributed by atoms with van der Waals surface area (Å²) >= 11 is 0. The Labute approximate surface area is 102 Å². The smallest absolute Gasteiger partial charge is 0.265 e. The van der Waals surface area contributed by atoms with Crippen LogP contribution in [0, 0.1) is 0 Å². The van der Waals surface area contributed by atoms with Gasteiger partial charge in [0.1, 0.15) is 20.0 Å². The Kier molecular flexibility index (Phi) is 2.69. The van der Waals surface area contributed by atoms with Gasteiger partial charge in [-0.3, -0.25) is 9.04 Å². The topological polar surface area (TPSA) is 64.1 Å². The van der Waals surface area contributed by atoms with Gasteiger partial charge < -0.3 is 0 Å². The zero-order valence-electron chi connectivity index (χ0n) is 9.82. The number of hydrogen-bond acceptors (Lipinski definition) is 5. The van der Waals surface area contributed by atoms with E-state index in [4.69, 9.17) is 4.55 Å². The van der Waals surface area contributed by atoms with E-state index in [9.17, 15) is 8.42 Å². The maximum atomic E-state index is 10.7. The fourth-order valence-corrected chi connectivity index (χ4v) is 3.95. The second-order valence-corrected chi connectivity index (χ2v) is 7.14. The van der Waals surface area contributed by atoms with Gasteiger partial charge in [-0.2, -0.15) is 8.42 Å². The monoisotopic (exact) mass is 263 g/mol. The SMILES string of the molecule is O=S(=O)(O)CCC[N+]12CN3CN(CN(C3)C1)C2. The summed E-state index contributed by atoms with van der Waals surface area (Å²) < 4.78 is 31.2. The van der Waals surface area contributed by atoms with Crippen LogP contribution in [-0.4, -0.2) is 84.5 Å². The van der Waals surface area contributed by atoms with Crippen molar-refractivity contribution in [1.82, 2.24) is 14.7 Å². The predicted octanol–water partition coefficient (Wildman–Crippen LogP) is -1.23. The van der Waals surface area contributed by atoms with Gasteiger partial charge >= 0.3 is 0 Å². The van der Waals surface area contributed by atoms with Crippen LogP contribution in [-0.2, 0) is 10.1 Å². The molecule has 0 aromatic rings. The first-order valence-corrected chi connectivity index (χ1v) is 7.52. The molecule has 0 unspecified atom stereocenters. The molecule has 0 amide bonds. The zero-order valence-corrected chi connectivity index (χ0v) is 10.6. The second kappa shape index (κ2) is 3.87. The molecule has 98 valence electrons. The van der Waals surface area contributed by atoms with Crippen molar-refractivity contribution in [1.29, 1.82) is 0 Å². The molecule has 4 aliphatic heterocycles. The third-order valence-corrected chi connectivity index (χ3v) is 4.54. The van der Waals surface area contributed by atoms with Crippen molar-refractivity contribution in [2.75, 3.05) is 52.3 Å². The lowest BCUT2D eigenvalue weighted by Gasteiger charge is -2.60. The van der Waals surface area contributed by atoms with Gasteiger partial charge in [0.25, 0.3) is 10.1 Å². The van der Waals surface area contributed by atoms with Gasteiger partial charge in [0.2, 0.25) is 0 Å². The van der Waals surface area contributed by atoms with Gasteiger partial charge in [-0.15, -0.1) is 0 Å². The van der Waals surface area contributed by atoms with E-state index in [0.717, 1.165) is 51.0 Å². The minimum Gasteiger partial charge on any atom is -0.286 e. The first-order valence-electron chi connectivity index (χ1n) is 5.92. The standard InChI is InChI=1S/C9H18N4O3S/c14-17(15,16)3-1-2-13-7-10-4-11(8-13)6-12(5-10)9-13/h1-9H2/p+1. The summed E-state index contributed by atoms with van der Waals surface area (Å²) in [6, 6.07) is 0. The van der Waals surface area contributed by atoms with E-state index in [1.165, 1.54) is 0 Å². The highest BCUT2D eigenvalue weighted by atomic mass is 32.2. The van der Waals surface area contributed by atoms with E-state index in [1.807, 2.05) is 0 Å². The van der Waals surface area contributed by atoms with Crippen LogP contribution in [0.2, 0.25) is 0 Å². The van der Waals surface area contributed by atoms with Crippen LogP contribution in [0.15, 0.2) is 0 Å². The molecule has 0 spiro atoms. The Morgan fingerprint density at radius 2 is 1.47 bits per heavy atom. The summed E-state index contributed by atoms with van der Waals surface area (Å²) in [6.07, 6.45) is 0.536. The Balaban J connectivity index is 1.62. The molecule has 17 heavy (non-hydrogen) atoms. The molecule has 4 heterocycles. The average molecular weight is 263 g/mol. The van der Waals surface area contributed by atoms with Crippen LogP contribution in [0.4, 0.5) is 0 Å². The van der Waals surface area contributed by atoms with Crippen molar-refractivity contribution in [3.8, 4) is 0 Å². The fourth-order valence-electron chi connectivity index (χ4n) is 3.45. The summed E-state index contributed by atoms with van der Waals surface area (Å²) in [6.45, 7) is 6.97. The zero-order chi connectivity index (χ0) is 12.1. The first-order chi connectivity index (χ1) is 7.94. The summed E-state index contributed by atoms with van der Waals surface area (Å²) in [5.74, 6) is -0.118. The van der Waals surface area contributed by atoms with E-state index in [1.54, 1.807) is 0 Å². The van der Waals surface area contributed by atoms with Gasteiger partial charge in [0.05, 0.1) is 32.3 Å². The van der Waals surface area contributed by atoms with Gasteiger partial charge in [0.15, 0.2) is 0 Å². The highest BCUT2D eigenvalue weighted by Crippen LogP contribution is 2.28.